The molecule has 0 spiro atoms. The minimum Gasteiger partial charge on any atom is -0.312 e. The van der Waals surface area contributed by atoms with Crippen LogP contribution >= 0.6 is 27.5 Å². The molecule has 0 radical (unpaired) electrons. The van der Waals surface area contributed by atoms with Crippen molar-refractivity contribution in [2.45, 2.75) is 38.4 Å². The van der Waals surface area contributed by atoms with Crippen molar-refractivity contribution in [2.75, 3.05) is 6.54 Å². The lowest BCUT2D eigenvalue weighted by molar-refractivity contribution is 0.500. The fraction of sp³-hybridized carbons (Fsp3) is 0.538. The van der Waals surface area contributed by atoms with Gasteiger partial charge >= 0.3 is 0 Å². The summed E-state index contributed by atoms with van der Waals surface area (Å²) < 4.78 is 0.960. The summed E-state index contributed by atoms with van der Waals surface area (Å²) in [6, 6.07) is 7.27. The quantitative estimate of drug-likeness (QED) is 0.841. The van der Waals surface area contributed by atoms with Gasteiger partial charge in [0.15, 0.2) is 0 Å². The molecule has 1 aromatic carbocycles. The Balaban J connectivity index is 1.77. The van der Waals surface area contributed by atoms with Crippen LogP contribution in [0.15, 0.2) is 22.7 Å². The SMILES string of the molecule is CC(CNC1CC1)NCc1cccc(Br)c1Cl. The van der Waals surface area contributed by atoms with Crippen molar-refractivity contribution in [3.8, 4) is 0 Å². The second kappa shape index (κ2) is 6.19. The van der Waals surface area contributed by atoms with Crippen molar-refractivity contribution in [1.82, 2.24) is 10.6 Å². The summed E-state index contributed by atoms with van der Waals surface area (Å²) in [6.07, 6.45) is 2.67. The van der Waals surface area contributed by atoms with Crippen molar-refractivity contribution >= 4 is 27.5 Å². The van der Waals surface area contributed by atoms with Gasteiger partial charge in [0.2, 0.25) is 0 Å². The number of halogens is 2. The first-order chi connectivity index (χ1) is 8.16. The van der Waals surface area contributed by atoms with Crippen LogP contribution in [0.2, 0.25) is 5.02 Å². The van der Waals surface area contributed by atoms with Crippen molar-refractivity contribution in [3.63, 3.8) is 0 Å². The van der Waals surface area contributed by atoms with Crippen molar-refractivity contribution in [2.24, 2.45) is 0 Å². The molecule has 17 heavy (non-hydrogen) atoms. The molecule has 94 valence electrons. The van der Waals surface area contributed by atoms with Crippen LogP contribution < -0.4 is 10.6 Å². The van der Waals surface area contributed by atoms with Gasteiger partial charge < -0.3 is 10.6 Å². The van der Waals surface area contributed by atoms with Gasteiger partial charge in [-0.15, -0.1) is 0 Å². The molecular formula is C13H18BrClN2. The molecule has 4 heteroatoms. The smallest absolute Gasteiger partial charge is 0.0592 e. The first-order valence-corrected chi connectivity index (χ1v) is 7.23. The number of hydrogen-bond donors (Lipinski definition) is 2. The Labute approximate surface area is 116 Å². The molecule has 1 unspecified atom stereocenters. The molecule has 0 aliphatic heterocycles. The molecule has 2 N–H and O–H groups in total. The van der Waals surface area contributed by atoms with E-state index in [1.54, 1.807) is 0 Å². The Morgan fingerprint density at radius 3 is 2.94 bits per heavy atom. The Morgan fingerprint density at radius 2 is 2.24 bits per heavy atom. The van der Waals surface area contributed by atoms with Crippen LogP contribution in [-0.2, 0) is 6.54 Å². The van der Waals surface area contributed by atoms with Crippen LogP contribution in [0.5, 0.6) is 0 Å². The molecule has 1 saturated carbocycles. The second-order valence-corrected chi connectivity index (χ2v) is 5.91. The summed E-state index contributed by atoms with van der Waals surface area (Å²) in [4.78, 5) is 0. The van der Waals surface area contributed by atoms with Gasteiger partial charge in [-0.2, -0.15) is 0 Å². The van der Waals surface area contributed by atoms with Crippen LogP contribution in [0, 0.1) is 0 Å². The molecule has 0 bridgehead atoms. The number of rotatable bonds is 6. The van der Waals surface area contributed by atoms with Crippen molar-refractivity contribution in [1.29, 1.82) is 0 Å². The average Bonchev–Trinajstić information content (AvgIpc) is 3.12. The Kier molecular flexibility index (Phi) is 4.86. The summed E-state index contributed by atoms with van der Waals surface area (Å²) in [5, 5.41) is 7.80. The maximum atomic E-state index is 6.21. The standard InChI is InChI=1S/C13H18BrClN2/c1-9(7-17-11-5-6-11)16-8-10-3-2-4-12(14)13(10)15/h2-4,9,11,16-17H,5-8H2,1H3. The van der Waals surface area contributed by atoms with Crippen LogP contribution in [0.3, 0.4) is 0 Å². The largest absolute Gasteiger partial charge is 0.312 e. The van der Waals surface area contributed by atoms with Crippen LogP contribution in [0.4, 0.5) is 0 Å². The molecular weight excluding hydrogens is 300 g/mol. The number of benzene rings is 1. The third kappa shape index (κ3) is 4.25. The van der Waals surface area contributed by atoms with E-state index in [2.05, 4.69) is 39.6 Å². The second-order valence-electron chi connectivity index (χ2n) is 4.68. The molecule has 2 rings (SSSR count). The minimum absolute atomic E-state index is 0.464. The predicted octanol–water partition coefficient (Wildman–Crippen LogP) is 3.33. The fourth-order valence-electron chi connectivity index (χ4n) is 1.67. The summed E-state index contributed by atoms with van der Waals surface area (Å²) in [5.41, 5.74) is 1.14. The predicted molar refractivity (Wildman–Crippen MR) is 76.5 cm³/mol. The molecule has 1 aromatic rings. The van der Waals surface area contributed by atoms with Crippen LogP contribution in [0.1, 0.15) is 25.3 Å². The third-order valence-corrected chi connectivity index (χ3v) is 4.30. The lowest BCUT2D eigenvalue weighted by atomic mass is 10.2. The van der Waals surface area contributed by atoms with Gasteiger partial charge in [0.1, 0.15) is 0 Å². The van der Waals surface area contributed by atoms with E-state index < -0.39 is 0 Å². The minimum atomic E-state index is 0.464. The lowest BCUT2D eigenvalue weighted by Crippen LogP contribution is -2.36. The van der Waals surface area contributed by atoms with E-state index in [4.69, 9.17) is 11.6 Å². The normalized spacial score (nSPS) is 17.1. The Bertz CT molecular complexity index is 380. The van der Waals surface area contributed by atoms with Crippen LogP contribution in [0.25, 0.3) is 0 Å². The fourth-order valence-corrected chi connectivity index (χ4v) is 2.27. The summed E-state index contributed by atoms with van der Waals surface area (Å²) in [5.74, 6) is 0. The summed E-state index contributed by atoms with van der Waals surface area (Å²) >= 11 is 9.65. The van der Waals surface area contributed by atoms with Crippen LogP contribution in [-0.4, -0.2) is 18.6 Å². The molecule has 0 aromatic heterocycles. The lowest BCUT2D eigenvalue weighted by Gasteiger charge is -2.15. The summed E-state index contributed by atoms with van der Waals surface area (Å²) in [7, 11) is 0. The highest BCUT2D eigenvalue weighted by atomic mass is 79.9. The highest BCUT2D eigenvalue weighted by Gasteiger charge is 2.20. The van der Waals surface area contributed by atoms with Gasteiger partial charge in [-0.25, -0.2) is 0 Å². The first-order valence-electron chi connectivity index (χ1n) is 6.06. The van der Waals surface area contributed by atoms with Crippen molar-refractivity contribution < 1.29 is 0 Å². The van der Waals surface area contributed by atoms with E-state index in [9.17, 15) is 0 Å². The van der Waals surface area contributed by atoms with Gasteiger partial charge in [0.05, 0.1) is 5.02 Å². The molecule has 1 aliphatic rings. The third-order valence-electron chi connectivity index (χ3n) is 2.96. The van der Waals surface area contributed by atoms with E-state index in [0.717, 1.165) is 34.2 Å². The van der Waals surface area contributed by atoms with Crippen molar-refractivity contribution in [3.05, 3.63) is 33.3 Å². The van der Waals surface area contributed by atoms with Gasteiger partial charge in [-0.3, -0.25) is 0 Å². The topological polar surface area (TPSA) is 24.1 Å². The van der Waals surface area contributed by atoms with Gasteiger partial charge in [0.25, 0.3) is 0 Å². The first kappa shape index (κ1) is 13.3. The Hall–Kier alpha value is -0.0900. The number of hydrogen-bond acceptors (Lipinski definition) is 2. The molecule has 0 heterocycles. The number of nitrogens with one attached hydrogen (secondary N) is 2. The van der Waals surface area contributed by atoms with Gasteiger partial charge in [-0.1, -0.05) is 23.7 Å². The maximum Gasteiger partial charge on any atom is 0.0592 e. The monoisotopic (exact) mass is 316 g/mol. The molecule has 1 aliphatic carbocycles. The zero-order valence-corrected chi connectivity index (χ0v) is 12.3. The molecule has 1 fully saturated rings. The zero-order valence-electron chi connectivity index (χ0n) is 9.97. The van der Waals surface area contributed by atoms with E-state index >= 15 is 0 Å². The average molecular weight is 318 g/mol. The van der Waals surface area contributed by atoms with Gasteiger partial charge in [-0.05, 0) is 47.3 Å². The Morgan fingerprint density at radius 1 is 1.47 bits per heavy atom. The van der Waals surface area contributed by atoms with E-state index in [-0.39, 0.29) is 0 Å². The zero-order chi connectivity index (χ0) is 12.3. The van der Waals surface area contributed by atoms with E-state index in [1.165, 1.54) is 12.8 Å². The maximum absolute atomic E-state index is 6.21. The highest BCUT2D eigenvalue weighted by Crippen LogP contribution is 2.25. The molecule has 0 saturated heterocycles. The molecule has 0 amide bonds. The highest BCUT2D eigenvalue weighted by molar-refractivity contribution is 9.10. The van der Waals surface area contributed by atoms with Gasteiger partial charge in [0, 0.05) is 29.6 Å². The molecule has 2 nitrogen and oxygen atoms in total. The molecule has 1 atom stereocenters. The van der Waals surface area contributed by atoms with E-state index in [0.29, 0.717) is 6.04 Å². The van der Waals surface area contributed by atoms with E-state index in [1.807, 2.05) is 12.1 Å². The summed E-state index contributed by atoms with van der Waals surface area (Å²) in [6.45, 7) is 4.03.